The molecule has 0 bridgehead atoms. The standard InChI is InChI=1S/C26H19BrClN3O2S/c27-19-9-11-21(12-10-19)31-25(33)23(14-18-7-4-8-20(28)13-18)34-26(31)22(15-29)24(32)30-16-17-5-2-1-3-6-17/h1-13,23H,14,16H2,(H,30,32)/b26-22-/t23-/m1/s1. The van der Waals surface area contributed by atoms with Crippen LogP contribution in [0.25, 0.3) is 0 Å². The fourth-order valence-electron chi connectivity index (χ4n) is 3.56. The second-order valence-electron chi connectivity index (χ2n) is 7.55. The molecule has 1 aliphatic heterocycles. The fourth-order valence-corrected chi connectivity index (χ4v) is 5.34. The first-order valence-corrected chi connectivity index (χ1v) is 12.5. The molecule has 8 heteroatoms. The number of nitriles is 1. The van der Waals surface area contributed by atoms with Gasteiger partial charge in [0.05, 0.1) is 5.25 Å². The Morgan fingerprint density at radius 2 is 1.76 bits per heavy atom. The summed E-state index contributed by atoms with van der Waals surface area (Å²) >= 11 is 10.8. The first kappa shape index (κ1) is 24.1. The third-order valence-electron chi connectivity index (χ3n) is 5.20. The van der Waals surface area contributed by atoms with E-state index in [0.29, 0.717) is 22.2 Å². The number of nitrogens with one attached hydrogen (secondary N) is 1. The number of anilines is 1. The van der Waals surface area contributed by atoms with Gasteiger partial charge in [0, 0.05) is 21.7 Å². The summed E-state index contributed by atoms with van der Waals surface area (Å²) in [5.74, 6) is -0.710. The Morgan fingerprint density at radius 3 is 2.44 bits per heavy atom. The molecular weight excluding hydrogens is 534 g/mol. The Bertz CT molecular complexity index is 1290. The van der Waals surface area contributed by atoms with Crippen molar-refractivity contribution in [3.05, 3.63) is 110 Å². The van der Waals surface area contributed by atoms with Crippen molar-refractivity contribution in [2.45, 2.75) is 18.2 Å². The van der Waals surface area contributed by atoms with Crippen LogP contribution in [-0.2, 0) is 22.6 Å². The van der Waals surface area contributed by atoms with Crippen LogP contribution < -0.4 is 10.2 Å². The minimum absolute atomic E-state index is 0.0919. The monoisotopic (exact) mass is 551 g/mol. The lowest BCUT2D eigenvalue weighted by Gasteiger charge is -2.19. The highest BCUT2D eigenvalue weighted by atomic mass is 79.9. The van der Waals surface area contributed by atoms with Gasteiger partial charge >= 0.3 is 0 Å². The summed E-state index contributed by atoms with van der Waals surface area (Å²) in [5.41, 5.74) is 2.32. The van der Waals surface area contributed by atoms with Gasteiger partial charge in [-0.25, -0.2) is 0 Å². The van der Waals surface area contributed by atoms with E-state index < -0.39 is 11.2 Å². The number of halogens is 2. The Labute approximate surface area is 215 Å². The van der Waals surface area contributed by atoms with Crippen LogP contribution in [0.5, 0.6) is 0 Å². The van der Waals surface area contributed by atoms with E-state index >= 15 is 0 Å². The Balaban J connectivity index is 1.67. The van der Waals surface area contributed by atoms with Crippen molar-refractivity contribution in [3.63, 3.8) is 0 Å². The van der Waals surface area contributed by atoms with E-state index in [2.05, 4.69) is 21.2 Å². The number of hydrogen-bond donors (Lipinski definition) is 1. The van der Waals surface area contributed by atoms with Crippen LogP contribution in [0.15, 0.2) is 93.9 Å². The predicted octanol–water partition coefficient (Wildman–Crippen LogP) is 5.85. The Hall–Kier alpha value is -3.05. The molecule has 3 aromatic carbocycles. The van der Waals surface area contributed by atoms with E-state index in [1.165, 1.54) is 16.7 Å². The molecule has 0 spiro atoms. The van der Waals surface area contributed by atoms with Crippen LogP contribution in [0.1, 0.15) is 11.1 Å². The van der Waals surface area contributed by atoms with E-state index in [0.717, 1.165) is 15.6 Å². The van der Waals surface area contributed by atoms with E-state index in [9.17, 15) is 14.9 Å². The van der Waals surface area contributed by atoms with Crippen LogP contribution in [0.2, 0.25) is 5.02 Å². The highest BCUT2D eigenvalue weighted by Gasteiger charge is 2.40. The summed E-state index contributed by atoms with van der Waals surface area (Å²) in [6.07, 6.45) is 0.422. The number of benzene rings is 3. The average molecular weight is 553 g/mol. The summed E-state index contributed by atoms with van der Waals surface area (Å²) in [6.45, 7) is 0.279. The maximum Gasteiger partial charge on any atom is 0.264 e. The van der Waals surface area contributed by atoms with Gasteiger partial charge < -0.3 is 5.32 Å². The molecule has 0 aliphatic carbocycles. The number of thioether (sulfide) groups is 1. The highest BCUT2D eigenvalue weighted by molar-refractivity contribution is 9.10. The number of amides is 2. The molecular formula is C26H19BrClN3O2S. The Morgan fingerprint density at radius 1 is 1.06 bits per heavy atom. The molecule has 1 fully saturated rings. The summed E-state index contributed by atoms with van der Waals surface area (Å²) in [7, 11) is 0. The zero-order chi connectivity index (χ0) is 24.1. The maximum absolute atomic E-state index is 13.5. The molecule has 0 unspecified atom stereocenters. The van der Waals surface area contributed by atoms with Gasteiger partial charge in [-0.15, -0.1) is 0 Å². The molecule has 0 saturated carbocycles. The molecule has 4 rings (SSSR count). The molecule has 34 heavy (non-hydrogen) atoms. The quantitative estimate of drug-likeness (QED) is 0.308. The van der Waals surface area contributed by atoms with E-state index in [-0.39, 0.29) is 18.0 Å². The second-order valence-corrected chi connectivity index (χ2v) is 10.1. The smallest absolute Gasteiger partial charge is 0.264 e. The van der Waals surface area contributed by atoms with Gasteiger partial charge in [0.2, 0.25) is 5.91 Å². The average Bonchev–Trinajstić information content (AvgIpc) is 3.15. The maximum atomic E-state index is 13.5. The third-order valence-corrected chi connectivity index (χ3v) is 7.22. The molecule has 3 aromatic rings. The fraction of sp³-hybridized carbons (Fsp3) is 0.115. The van der Waals surface area contributed by atoms with Gasteiger partial charge in [0.25, 0.3) is 5.91 Å². The van der Waals surface area contributed by atoms with Gasteiger partial charge in [-0.3, -0.25) is 14.5 Å². The summed E-state index contributed by atoms with van der Waals surface area (Å²) in [5, 5.41) is 13.1. The molecule has 1 saturated heterocycles. The first-order chi connectivity index (χ1) is 16.5. The molecule has 0 aromatic heterocycles. The van der Waals surface area contributed by atoms with E-state index in [4.69, 9.17) is 11.6 Å². The van der Waals surface area contributed by atoms with Gasteiger partial charge in [-0.05, 0) is 53.9 Å². The largest absolute Gasteiger partial charge is 0.347 e. The zero-order valence-corrected chi connectivity index (χ0v) is 21.0. The second kappa shape index (κ2) is 10.9. The van der Waals surface area contributed by atoms with Crippen molar-refractivity contribution in [1.29, 1.82) is 5.26 Å². The summed E-state index contributed by atoms with van der Waals surface area (Å²) < 4.78 is 0.859. The van der Waals surface area contributed by atoms with Gasteiger partial charge in [-0.2, -0.15) is 5.26 Å². The van der Waals surface area contributed by atoms with Crippen molar-refractivity contribution < 1.29 is 9.59 Å². The number of nitrogens with zero attached hydrogens (tertiary/aromatic N) is 2. The van der Waals surface area contributed by atoms with Crippen molar-refractivity contribution in [2.75, 3.05) is 4.90 Å². The number of carbonyl (C=O) groups excluding carboxylic acids is 2. The van der Waals surface area contributed by atoms with Crippen LogP contribution in [0.4, 0.5) is 5.69 Å². The lowest BCUT2D eigenvalue weighted by Crippen LogP contribution is -2.32. The molecule has 2 amide bonds. The summed E-state index contributed by atoms with van der Waals surface area (Å²) in [6, 6.07) is 26.0. The molecule has 170 valence electrons. The zero-order valence-electron chi connectivity index (χ0n) is 17.9. The number of carbonyl (C=O) groups is 2. The minimum atomic E-state index is -0.521. The molecule has 1 atom stereocenters. The van der Waals surface area contributed by atoms with Crippen molar-refractivity contribution in [2.24, 2.45) is 0 Å². The first-order valence-electron chi connectivity index (χ1n) is 10.4. The van der Waals surface area contributed by atoms with Crippen LogP contribution in [0, 0.1) is 11.3 Å². The topological polar surface area (TPSA) is 73.2 Å². The predicted molar refractivity (Wildman–Crippen MR) is 139 cm³/mol. The number of hydrogen-bond acceptors (Lipinski definition) is 4. The lowest BCUT2D eigenvalue weighted by atomic mass is 10.1. The molecule has 0 radical (unpaired) electrons. The van der Waals surface area contributed by atoms with Crippen LogP contribution in [0.3, 0.4) is 0 Å². The molecule has 1 heterocycles. The summed E-state index contributed by atoms with van der Waals surface area (Å²) in [4.78, 5) is 28.0. The third kappa shape index (κ3) is 5.53. The van der Waals surface area contributed by atoms with Gasteiger partial charge in [-0.1, -0.05) is 81.8 Å². The van der Waals surface area contributed by atoms with Gasteiger partial charge in [0.1, 0.15) is 16.7 Å². The normalized spacial score (nSPS) is 16.8. The van der Waals surface area contributed by atoms with Crippen molar-refractivity contribution in [3.8, 4) is 6.07 Å². The molecule has 1 aliphatic rings. The van der Waals surface area contributed by atoms with Crippen LogP contribution in [-0.4, -0.2) is 17.1 Å². The minimum Gasteiger partial charge on any atom is -0.347 e. The number of rotatable bonds is 6. The highest BCUT2D eigenvalue weighted by Crippen LogP contribution is 2.42. The van der Waals surface area contributed by atoms with E-state index in [1.54, 1.807) is 18.2 Å². The van der Waals surface area contributed by atoms with Gasteiger partial charge in [0.15, 0.2) is 0 Å². The van der Waals surface area contributed by atoms with E-state index in [1.807, 2.05) is 66.7 Å². The van der Waals surface area contributed by atoms with Crippen molar-refractivity contribution >= 4 is 56.8 Å². The molecule has 1 N–H and O–H groups in total. The Kier molecular flexibility index (Phi) is 7.73. The molecule has 5 nitrogen and oxygen atoms in total. The van der Waals surface area contributed by atoms with Crippen molar-refractivity contribution in [1.82, 2.24) is 5.32 Å². The van der Waals surface area contributed by atoms with Crippen LogP contribution >= 0.6 is 39.3 Å². The lowest BCUT2D eigenvalue weighted by molar-refractivity contribution is -0.117. The SMILES string of the molecule is N#C/C(C(=O)NCc1ccccc1)=C1/S[C@H](Cc2cccc(Cl)c2)C(=O)N1c1ccc(Br)cc1.